The van der Waals surface area contributed by atoms with Crippen molar-refractivity contribution in [2.45, 2.75) is 25.7 Å². The fourth-order valence-corrected chi connectivity index (χ4v) is 4.85. The topological polar surface area (TPSA) is 51.4 Å². The lowest BCUT2D eigenvalue weighted by atomic mass is 9.97. The van der Waals surface area contributed by atoms with E-state index in [1.165, 1.54) is 53.5 Å². The van der Waals surface area contributed by atoms with Crippen molar-refractivity contribution in [1.29, 1.82) is 0 Å². The van der Waals surface area contributed by atoms with Gasteiger partial charge in [0.05, 0.1) is 0 Å². The number of H-pyrrole nitrogens is 1. The first-order valence-electron chi connectivity index (χ1n) is 11.5. The molecular weight excluding hydrogens is 420 g/mol. The van der Waals surface area contributed by atoms with Gasteiger partial charge in [-0.1, -0.05) is 23.7 Å². The second kappa shape index (κ2) is 9.39. The molecule has 2 N–H and O–H groups in total. The minimum atomic E-state index is -0.0760. The van der Waals surface area contributed by atoms with Crippen LogP contribution in [0, 0.1) is 0 Å². The van der Waals surface area contributed by atoms with Crippen LogP contribution in [0.1, 0.15) is 30.4 Å². The number of rotatable bonds is 5. The van der Waals surface area contributed by atoms with Crippen LogP contribution in [-0.2, 0) is 6.42 Å². The summed E-state index contributed by atoms with van der Waals surface area (Å²) in [5.74, 6) is 0. The smallest absolute Gasteiger partial charge is 0.322 e. The van der Waals surface area contributed by atoms with Crippen LogP contribution in [0.2, 0.25) is 5.02 Å². The first-order valence-corrected chi connectivity index (χ1v) is 11.9. The number of hydrogen-bond donors (Lipinski definition) is 2. The fourth-order valence-electron chi connectivity index (χ4n) is 4.72. The Balaban J connectivity index is 1.25. The van der Waals surface area contributed by atoms with Crippen molar-refractivity contribution in [3.8, 4) is 0 Å². The summed E-state index contributed by atoms with van der Waals surface area (Å²) < 4.78 is 0. The lowest BCUT2D eigenvalue weighted by Gasteiger charge is -2.27. The predicted molar refractivity (Wildman–Crippen MR) is 132 cm³/mol. The number of fused-ring (bicyclic) bond motifs is 1. The molecule has 0 unspecified atom stereocenters. The number of anilines is 1. The number of carbonyl (C=O) groups is 1. The van der Waals surface area contributed by atoms with Crippen LogP contribution in [0.15, 0.2) is 54.7 Å². The van der Waals surface area contributed by atoms with E-state index in [0.29, 0.717) is 18.1 Å². The molecule has 5 nitrogen and oxygen atoms in total. The summed E-state index contributed by atoms with van der Waals surface area (Å²) in [6.07, 6.45) is 8.96. The highest BCUT2D eigenvalue weighted by Crippen LogP contribution is 2.28. The zero-order chi connectivity index (χ0) is 21.9. The Morgan fingerprint density at radius 2 is 1.88 bits per heavy atom. The number of nitrogens with zero attached hydrogens (tertiary/aromatic N) is 2. The molecule has 166 valence electrons. The van der Waals surface area contributed by atoms with Crippen LogP contribution < -0.4 is 5.32 Å². The van der Waals surface area contributed by atoms with Gasteiger partial charge in [-0.25, -0.2) is 4.79 Å². The summed E-state index contributed by atoms with van der Waals surface area (Å²) >= 11 is 5.92. The molecule has 5 rings (SSSR count). The van der Waals surface area contributed by atoms with Crippen molar-refractivity contribution in [3.63, 3.8) is 0 Å². The quantitative estimate of drug-likeness (QED) is 0.519. The molecule has 6 heteroatoms. The van der Waals surface area contributed by atoms with Crippen LogP contribution in [0.3, 0.4) is 0 Å². The summed E-state index contributed by atoms with van der Waals surface area (Å²) in [5, 5.41) is 4.93. The molecule has 0 atom stereocenters. The summed E-state index contributed by atoms with van der Waals surface area (Å²) in [4.78, 5) is 20.4. The fraction of sp³-hybridized carbons (Fsp3) is 0.346. The number of carbonyl (C=O) groups excluding carboxylic acids is 1. The van der Waals surface area contributed by atoms with E-state index in [0.717, 1.165) is 25.1 Å². The van der Waals surface area contributed by atoms with Gasteiger partial charge in [0, 0.05) is 47.4 Å². The minimum Gasteiger partial charge on any atom is -0.361 e. The van der Waals surface area contributed by atoms with Crippen molar-refractivity contribution in [3.05, 3.63) is 70.9 Å². The highest BCUT2D eigenvalue weighted by molar-refractivity contribution is 6.30. The molecule has 3 aromatic rings. The Kier molecular flexibility index (Phi) is 6.19. The Bertz CT molecular complexity index is 1130. The van der Waals surface area contributed by atoms with Gasteiger partial charge in [-0.3, -0.25) is 0 Å². The lowest BCUT2D eigenvalue weighted by molar-refractivity contribution is 0.217. The van der Waals surface area contributed by atoms with E-state index in [2.05, 4.69) is 45.7 Å². The SMILES string of the molecule is O=C(Nc1ccc(Cl)cc1)N1CC=C(c2ccc3[nH]cc(CCN4CCCC4)c3c2)CC1. The van der Waals surface area contributed by atoms with E-state index >= 15 is 0 Å². The second-order valence-corrected chi connectivity index (χ2v) is 9.17. The van der Waals surface area contributed by atoms with Gasteiger partial charge in [0.15, 0.2) is 0 Å². The van der Waals surface area contributed by atoms with Crippen molar-refractivity contribution in [1.82, 2.24) is 14.8 Å². The third kappa shape index (κ3) is 4.69. The molecule has 0 radical (unpaired) electrons. The molecule has 1 fully saturated rings. The van der Waals surface area contributed by atoms with E-state index in [9.17, 15) is 4.79 Å². The van der Waals surface area contributed by atoms with Gasteiger partial charge >= 0.3 is 6.03 Å². The van der Waals surface area contributed by atoms with Crippen LogP contribution in [0.5, 0.6) is 0 Å². The number of halogens is 1. The van der Waals surface area contributed by atoms with E-state index in [1.807, 2.05) is 17.0 Å². The van der Waals surface area contributed by atoms with Crippen molar-refractivity contribution in [2.24, 2.45) is 0 Å². The number of nitrogens with one attached hydrogen (secondary N) is 2. The Hall–Kier alpha value is -2.76. The maximum atomic E-state index is 12.6. The molecule has 0 spiro atoms. The van der Waals surface area contributed by atoms with Gasteiger partial charge < -0.3 is 20.1 Å². The van der Waals surface area contributed by atoms with Gasteiger partial charge in [0.25, 0.3) is 0 Å². The molecule has 3 heterocycles. The van der Waals surface area contributed by atoms with Crippen molar-refractivity contribution < 1.29 is 4.79 Å². The third-order valence-electron chi connectivity index (χ3n) is 6.63. The number of benzene rings is 2. The van der Waals surface area contributed by atoms with E-state index in [4.69, 9.17) is 11.6 Å². The first-order chi connectivity index (χ1) is 15.7. The third-order valence-corrected chi connectivity index (χ3v) is 6.88. The number of likely N-dealkylation sites (tertiary alicyclic amines) is 1. The zero-order valence-corrected chi connectivity index (χ0v) is 19.0. The van der Waals surface area contributed by atoms with E-state index < -0.39 is 0 Å². The Morgan fingerprint density at radius 3 is 2.62 bits per heavy atom. The lowest BCUT2D eigenvalue weighted by Crippen LogP contribution is -2.37. The zero-order valence-electron chi connectivity index (χ0n) is 18.2. The van der Waals surface area contributed by atoms with E-state index in [-0.39, 0.29) is 6.03 Å². The van der Waals surface area contributed by atoms with Crippen LogP contribution in [-0.4, -0.2) is 53.5 Å². The maximum absolute atomic E-state index is 12.6. The van der Waals surface area contributed by atoms with Gasteiger partial charge in [-0.05, 0) is 91.9 Å². The molecule has 32 heavy (non-hydrogen) atoms. The molecule has 1 aromatic heterocycles. The summed E-state index contributed by atoms with van der Waals surface area (Å²) in [5.41, 5.74) is 5.93. The van der Waals surface area contributed by atoms with E-state index in [1.54, 1.807) is 12.1 Å². The van der Waals surface area contributed by atoms with Gasteiger partial charge in [0.2, 0.25) is 0 Å². The average Bonchev–Trinajstić information content (AvgIpc) is 3.49. The monoisotopic (exact) mass is 448 g/mol. The number of aromatic nitrogens is 1. The maximum Gasteiger partial charge on any atom is 0.322 e. The van der Waals surface area contributed by atoms with Crippen molar-refractivity contribution >= 4 is 39.8 Å². The standard InChI is InChI=1S/C26H29ClN4O/c27-22-4-6-23(7-5-22)29-26(32)31-15-10-19(11-16-31)20-3-8-25-24(17-20)21(18-28-25)9-14-30-12-1-2-13-30/h3-8,10,17-18,28H,1-2,9,11-16H2,(H,29,32). The average molecular weight is 449 g/mol. The molecule has 0 aliphatic carbocycles. The van der Waals surface area contributed by atoms with Gasteiger partial charge in [-0.2, -0.15) is 0 Å². The molecule has 2 aliphatic heterocycles. The molecular formula is C26H29ClN4O. The van der Waals surface area contributed by atoms with Crippen molar-refractivity contribution in [2.75, 3.05) is 38.0 Å². The summed E-state index contributed by atoms with van der Waals surface area (Å²) in [7, 11) is 0. The van der Waals surface area contributed by atoms with Crippen LogP contribution in [0.4, 0.5) is 10.5 Å². The predicted octanol–water partition coefficient (Wildman–Crippen LogP) is 5.78. The number of urea groups is 1. The van der Waals surface area contributed by atoms with Crippen LogP contribution in [0.25, 0.3) is 16.5 Å². The molecule has 2 amide bonds. The number of aromatic amines is 1. The summed E-state index contributed by atoms with van der Waals surface area (Å²) in [6, 6.07) is 13.8. The van der Waals surface area contributed by atoms with Crippen LogP contribution >= 0.6 is 11.6 Å². The number of amides is 2. The normalized spacial score (nSPS) is 17.0. The van der Waals surface area contributed by atoms with Gasteiger partial charge in [-0.15, -0.1) is 0 Å². The minimum absolute atomic E-state index is 0.0760. The Labute approximate surface area is 194 Å². The number of hydrogen-bond acceptors (Lipinski definition) is 2. The molecule has 1 saturated heterocycles. The highest BCUT2D eigenvalue weighted by atomic mass is 35.5. The molecule has 0 saturated carbocycles. The molecule has 0 bridgehead atoms. The Morgan fingerprint density at radius 1 is 1.06 bits per heavy atom. The summed E-state index contributed by atoms with van der Waals surface area (Å²) in [6.45, 7) is 4.93. The van der Waals surface area contributed by atoms with Gasteiger partial charge in [0.1, 0.15) is 0 Å². The second-order valence-electron chi connectivity index (χ2n) is 8.74. The molecule has 2 aliphatic rings. The molecule has 2 aromatic carbocycles. The largest absolute Gasteiger partial charge is 0.361 e. The first kappa shape index (κ1) is 21.1. The highest BCUT2D eigenvalue weighted by Gasteiger charge is 2.19.